The zero-order valence-corrected chi connectivity index (χ0v) is 8.74. The largest absolute Gasteiger partial charge is 0.341 e. The Morgan fingerprint density at radius 2 is 2.21 bits per heavy atom. The zero-order chi connectivity index (χ0) is 10.3. The number of hydrogen-bond acceptors (Lipinski definition) is 2. The van der Waals surface area contributed by atoms with Gasteiger partial charge in [0.25, 0.3) is 5.91 Å². The van der Waals surface area contributed by atoms with Crippen molar-refractivity contribution in [1.29, 1.82) is 0 Å². The van der Waals surface area contributed by atoms with Gasteiger partial charge in [-0.1, -0.05) is 13.8 Å². The highest BCUT2D eigenvalue weighted by molar-refractivity contribution is 5.96. The first-order valence-corrected chi connectivity index (χ1v) is 4.73. The minimum absolute atomic E-state index is 0.0424. The van der Waals surface area contributed by atoms with E-state index in [1.807, 2.05) is 19.2 Å². The van der Waals surface area contributed by atoms with E-state index in [2.05, 4.69) is 18.8 Å². The fourth-order valence-corrected chi connectivity index (χ4v) is 2.06. The van der Waals surface area contributed by atoms with Crippen LogP contribution in [0.1, 0.15) is 29.9 Å². The monoisotopic (exact) mass is 190 g/mol. The number of likely N-dealkylation sites (N-methyl/N-ethyl adjacent to an activating group) is 1. The Bertz CT molecular complexity index is 385. The molecule has 0 saturated heterocycles. The summed E-state index contributed by atoms with van der Waals surface area (Å²) < 4.78 is 0. The fourth-order valence-electron chi connectivity index (χ4n) is 2.06. The van der Waals surface area contributed by atoms with E-state index in [-0.39, 0.29) is 11.3 Å². The first-order chi connectivity index (χ1) is 6.52. The number of pyridine rings is 1. The van der Waals surface area contributed by atoms with Gasteiger partial charge in [0.05, 0.1) is 11.3 Å². The SMILES string of the molecule is CN1CC(C)(C)c2ncccc2C1=O. The van der Waals surface area contributed by atoms with Gasteiger partial charge in [0.15, 0.2) is 0 Å². The molecule has 0 radical (unpaired) electrons. The lowest BCUT2D eigenvalue weighted by atomic mass is 9.82. The van der Waals surface area contributed by atoms with E-state index < -0.39 is 0 Å². The van der Waals surface area contributed by atoms with Gasteiger partial charge in [0.1, 0.15) is 0 Å². The number of amides is 1. The molecule has 74 valence electrons. The Labute approximate surface area is 83.8 Å². The standard InChI is InChI=1S/C11H14N2O/c1-11(2)7-13(3)10(14)8-5-4-6-12-9(8)11/h4-6H,7H2,1-3H3. The quantitative estimate of drug-likeness (QED) is 0.620. The van der Waals surface area contributed by atoms with Gasteiger partial charge in [-0.2, -0.15) is 0 Å². The van der Waals surface area contributed by atoms with Crippen LogP contribution in [0.15, 0.2) is 18.3 Å². The average Bonchev–Trinajstić information content (AvgIpc) is 2.14. The molecular weight excluding hydrogens is 176 g/mol. The summed E-state index contributed by atoms with van der Waals surface area (Å²) >= 11 is 0. The van der Waals surface area contributed by atoms with Crippen LogP contribution >= 0.6 is 0 Å². The van der Waals surface area contributed by atoms with Crippen LogP contribution in [0.5, 0.6) is 0 Å². The minimum atomic E-state index is -0.0424. The minimum Gasteiger partial charge on any atom is -0.341 e. The Morgan fingerprint density at radius 1 is 1.50 bits per heavy atom. The van der Waals surface area contributed by atoms with Crippen molar-refractivity contribution in [2.24, 2.45) is 0 Å². The van der Waals surface area contributed by atoms with E-state index in [0.717, 1.165) is 17.8 Å². The van der Waals surface area contributed by atoms with E-state index in [4.69, 9.17) is 0 Å². The third kappa shape index (κ3) is 1.20. The second-order valence-electron chi connectivity index (χ2n) is 4.44. The van der Waals surface area contributed by atoms with Crippen LogP contribution in [0.4, 0.5) is 0 Å². The number of carbonyl (C=O) groups excluding carboxylic acids is 1. The Morgan fingerprint density at radius 3 is 2.93 bits per heavy atom. The highest BCUT2D eigenvalue weighted by Gasteiger charge is 2.35. The van der Waals surface area contributed by atoms with E-state index in [1.54, 1.807) is 11.1 Å². The second kappa shape index (κ2) is 2.80. The summed E-state index contributed by atoms with van der Waals surface area (Å²) in [6.45, 7) is 4.96. The molecule has 3 nitrogen and oxygen atoms in total. The normalized spacial score (nSPS) is 19.4. The average molecular weight is 190 g/mol. The van der Waals surface area contributed by atoms with Crippen LogP contribution in [0, 0.1) is 0 Å². The van der Waals surface area contributed by atoms with E-state index in [9.17, 15) is 4.79 Å². The van der Waals surface area contributed by atoms with Gasteiger partial charge in [-0.25, -0.2) is 0 Å². The van der Waals surface area contributed by atoms with Crippen LogP contribution in [-0.4, -0.2) is 29.4 Å². The van der Waals surface area contributed by atoms with Crippen molar-refractivity contribution in [2.75, 3.05) is 13.6 Å². The Hall–Kier alpha value is -1.38. The van der Waals surface area contributed by atoms with E-state index >= 15 is 0 Å². The summed E-state index contributed by atoms with van der Waals surface area (Å²) in [5.41, 5.74) is 1.62. The van der Waals surface area contributed by atoms with Gasteiger partial charge >= 0.3 is 0 Å². The lowest BCUT2D eigenvalue weighted by molar-refractivity contribution is 0.0733. The van der Waals surface area contributed by atoms with Crippen molar-refractivity contribution in [2.45, 2.75) is 19.3 Å². The summed E-state index contributed by atoms with van der Waals surface area (Å²) in [4.78, 5) is 17.9. The number of rotatable bonds is 0. The van der Waals surface area contributed by atoms with Crippen molar-refractivity contribution < 1.29 is 4.79 Å². The lowest BCUT2D eigenvalue weighted by Crippen LogP contribution is -2.45. The van der Waals surface area contributed by atoms with Gasteiger partial charge < -0.3 is 4.90 Å². The number of nitrogens with zero attached hydrogens (tertiary/aromatic N) is 2. The smallest absolute Gasteiger partial charge is 0.255 e. The number of fused-ring (bicyclic) bond motifs is 1. The zero-order valence-electron chi connectivity index (χ0n) is 8.74. The van der Waals surface area contributed by atoms with Crippen molar-refractivity contribution in [3.8, 4) is 0 Å². The van der Waals surface area contributed by atoms with Gasteiger partial charge in [0, 0.05) is 25.2 Å². The molecule has 0 aliphatic carbocycles. The molecule has 14 heavy (non-hydrogen) atoms. The maximum Gasteiger partial charge on any atom is 0.255 e. The molecule has 2 rings (SSSR count). The maximum atomic E-state index is 11.8. The summed E-state index contributed by atoms with van der Waals surface area (Å²) in [6, 6.07) is 3.66. The van der Waals surface area contributed by atoms with Crippen LogP contribution in [-0.2, 0) is 5.41 Å². The molecule has 0 N–H and O–H groups in total. The highest BCUT2D eigenvalue weighted by atomic mass is 16.2. The van der Waals surface area contributed by atoms with Crippen molar-refractivity contribution in [3.63, 3.8) is 0 Å². The maximum absolute atomic E-state index is 11.8. The molecule has 1 aliphatic heterocycles. The molecule has 1 amide bonds. The first-order valence-electron chi connectivity index (χ1n) is 4.73. The highest BCUT2D eigenvalue weighted by Crippen LogP contribution is 2.30. The second-order valence-corrected chi connectivity index (χ2v) is 4.44. The molecule has 0 saturated carbocycles. The molecule has 0 fully saturated rings. The predicted molar refractivity (Wildman–Crippen MR) is 54.2 cm³/mol. The summed E-state index contributed by atoms with van der Waals surface area (Å²) in [5.74, 6) is 0.0763. The van der Waals surface area contributed by atoms with Crippen LogP contribution < -0.4 is 0 Å². The van der Waals surface area contributed by atoms with Crippen molar-refractivity contribution in [1.82, 2.24) is 9.88 Å². The Balaban J connectivity index is 2.62. The molecule has 0 aromatic carbocycles. The molecule has 1 aromatic heterocycles. The summed E-state index contributed by atoms with van der Waals surface area (Å²) in [6.07, 6.45) is 1.75. The van der Waals surface area contributed by atoms with Crippen molar-refractivity contribution in [3.05, 3.63) is 29.6 Å². The molecule has 0 atom stereocenters. The van der Waals surface area contributed by atoms with E-state index in [0.29, 0.717) is 0 Å². The van der Waals surface area contributed by atoms with Gasteiger partial charge in [-0.05, 0) is 12.1 Å². The topological polar surface area (TPSA) is 33.2 Å². The molecule has 1 aromatic rings. The summed E-state index contributed by atoms with van der Waals surface area (Å²) in [5, 5.41) is 0. The van der Waals surface area contributed by atoms with Crippen molar-refractivity contribution >= 4 is 5.91 Å². The molecule has 0 bridgehead atoms. The Kier molecular flexibility index (Phi) is 1.84. The molecule has 1 aliphatic rings. The molecule has 3 heteroatoms. The van der Waals surface area contributed by atoms with Crippen LogP contribution in [0.25, 0.3) is 0 Å². The first kappa shape index (κ1) is 9.19. The van der Waals surface area contributed by atoms with Crippen LogP contribution in [0.3, 0.4) is 0 Å². The molecule has 2 heterocycles. The third-order valence-corrected chi connectivity index (χ3v) is 2.66. The van der Waals surface area contributed by atoms with Gasteiger partial charge in [0.2, 0.25) is 0 Å². The number of carbonyl (C=O) groups is 1. The lowest BCUT2D eigenvalue weighted by Gasteiger charge is -2.36. The predicted octanol–water partition coefficient (Wildman–Crippen LogP) is 1.44. The molecular formula is C11H14N2O. The van der Waals surface area contributed by atoms with Gasteiger partial charge in [-0.15, -0.1) is 0 Å². The summed E-state index contributed by atoms with van der Waals surface area (Å²) in [7, 11) is 1.83. The molecule has 0 unspecified atom stereocenters. The molecule has 0 spiro atoms. The number of aromatic nitrogens is 1. The number of hydrogen-bond donors (Lipinski definition) is 0. The van der Waals surface area contributed by atoms with E-state index in [1.165, 1.54) is 0 Å². The van der Waals surface area contributed by atoms with Crippen LogP contribution in [0.2, 0.25) is 0 Å². The third-order valence-electron chi connectivity index (χ3n) is 2.66. The van der Waals surface area contributed by atoms with Gasteiger partial charge in [-0.3, -0.25) is 9.78 Å². The fraction of sp³-hybridized carbons (Fsp3) is 0.455.